The lowest BCUT2D eigenvalue weighted by Gasteiger charge is -2.04. The molecular weight excluding hydrogens is 286 g/mol. The van der Waals surface area contributed by atoms with Gasteiger partial charge in [0.1, 0.15) is 11.5 Å². The molecule has 0 unspecified atom stereocenters. The van der Waals surface area contributed by atoms with Gasteiger partial charge in [0.25, 0.3) is 5.91 Å². The zero-order chi connectivity index (χ0) is 16.1. The van der Waals surface area contributed by atoms with Crippen molar-refractivity contribution in [3.8, 4) is 11.4 Å². The van der Waals surface area contributed by atoms with E-state index in [0.717, 1.165) is 23.5 Å². The molecule has 3 rings (SSSR count). The Morgan fingerprint density at radius 2 is 1.70 bits per heavy atom. The van der Waals surface area contributed by atoms with Crippen molar-refractivity contribution < 1.29 is 4.79 Å². The van der Waals surface area contributed by atoms with Crippen molar-refractivity contribution in [2.45, 2.75) is 13.3 Å². The van der Waals surface area contributed by atoms with Gasteiger partial charge in [-0.2, -0.15) is 0 Å². The Balaban J connectivity index is 1.65. The van der Waals surface area contributed by atoms with Crippen LogP contribution in [0.3, 0.4) is 0 Å². The van der Waals surface area contributed by atoms with Crippen molar-refractivity contribution in [2.75, 3.05) is 6.54 Å². The van der Waals surface area contributed by atoms with Gasteiger partial charge in [-0.25, -0.2) is 4.98 Å². The summed E-state index contributed by atoms with van der Waals surface area (Å²) < 4.78 is 0. The van der Waals surface area contributed by atoms with E-state index in [-0.39, 0.29) is 5.91 Å². The monoisotopic (exact) mass is 305 g/mol. The lowest BCUT2D eigenvalue weighted by Crippen LogP contribution is -2.26. The molecule has 2 N–H and O–H groups in total. The molecule has 0 fully saturated rings. The summed E-state index contributed by atoms with van der Waals surface area (Å²) in [7, 11) is 0. The van der Waals surface area contributed by atoms with Gasteiger partial charge in [-0.05, 0) is 18.9 Å². The van der Waals surface area contributed by atoms with Gasteiger partial charge in [-0.1, -0.05) is 60.7 Å². The maximum absolute atomic E-state index is 12.3. The van der Waals surface area contributed by atoms with Crippen molar-refractivity contribution >= 4 is 5.91 Å². The Labute approximate surface area is 135 Å². The van der Waals surface area contributed by atoms with E-state index in [1.165, 1.54) is 5.56 Å². The molecule has 0 aliphatic rings. The molecule has 0 atom stereocenters. The largest absolute Gasteiger partial charge is 0.350 e. The number of hydrogen-bond donors (Lipinski definition) is 2. The summed E-state index contributed by atoms with van der Waals surface area (Å²) in [5, 5.41) is 2.93. The Morgan fingerprint density at radius 1 is 1.04 bits per heavy atom. The molecular formula is C19H19N3O. The number of aromatic amines is 1. The Hall–Kier alpha value is -2.88. The average molecular weight is 305 g/mol. The molecule has 116 valence electrons. The Kier molecular flexibility index (Phi) is 4.52. The van der Waals surface area contributed by atoms with E-state index in [1.807, 2.05) is 55.5 Å². The van der Waals surface area contributed by atoms with Gasteiger partial charge in [0.15, 0.2) is 0 Å². The topological polar surface area (TPSA) is 57.8 Å². The summed E-state index contributed by atoms with van der Waals surface area (Å²) in [6.07, 6.45) is 0.807. The minimum Gasteiger partial charge on any atom is -0.350 e. The molecule has 0 saturated carbocycles. The van der Waals surface area contributed by atoms with Gasteiger partial charge in [0.2, 0.25) is 0 Å². The Bertz CT molecular complexity index is 779. The van der Waals surface area contributed by atoms with Gasteiger partial charge in [0, 0.05) is 17.8 Å². The first-order chi connectivity index (χ1) is 11.2. The highest BCUT2D eigenvalue weighted by molar-refractivity contribution is 5.94. The van der Waals surface area contributed by atoms with Crippen LogP contribution in [0.2, 0.25) is 0 Å². The third-order valence-electron chi connectivity index (χ3n) is 3.69. The summed E-state index contributed by atoms with van der Waals surface area (Å²) in [4.78, 5) is 19.9. The molecule has 0 aliphatic carbocycles. The third-order valence-corrected chi connectivity index (χ3v) is 3.69. The Morgan fingerprint density at radius 3 is 2.39 bits per heavy atom. The summed E-state index contributed by atoms with van der Waals surface area (Å²) in [5.74, 6) is 0.577. The molecule has 1 aromatic heterocycles. The number of nitrogens with zero attached hydrogens (tertiary/aromatic N) is 1. The van der Waals surface area contributed by atoms with E-state index in [0.29, 0.717) is 12.2 Å². The van der Waals surface area contributed by atoms with Crippen molar-refractivity contribution in [3.63, 3.8) is 0 Å². The zero-order valence-electron chi connectivity index (χ0n) is 13.0. The van der Waals surface area contributed by atoms with E-state index < -0.39 is 0 Å². The minimum absolute atomic E-state index is 0.142. The fraction of sp³-hybridized carbons (Fsp3) is 0.158. The lowest BCUT2D eigenvalue weighted by atomic mass is 10.1. The standard InChI is InChI=1S/C19H19N3O/c1-14-17(22-18(21-14)16-10-6-3-7-11-16)19(23)20-13-12-15-8-4-2-5-9-15/h2-11H,12-13H2,1H3,(H,20,23)(H,21,22). The molecule has 4 heteroatoms. The maximum atomic E-state index is 12.3. The van der Waals surface area contributed by atoms with Crippen LogP contribution < -0.4 is 5.32 Å². The highest BCUT2D eigenvalue weighted by atomic mass is 16.1. The normalized spacial score (nSPS) is 10.5. The number of carbonyl (C=O) groups is 1. The van der Waals surface area contributed by atoms with Crippen molar-refractivity contribution in [3.05, 3.63) is 77.6 Å². The number of imidazole rings is 1. The number of aryl methyl sites for hydroxylation is 1. The molecule has 1 heterocycles. The second-order valence-corrected chi connectivity index (χ2v) is 5.42. The van der Waals surface area contributed by atoms with Crippen LogP contribution in [0.25, 0.3) is 11.4 Å². The number of aromatic nitrogens is 2. The summed E-state index contributed by atoms with van der Waals surface area (Å²) in [6, 6.07) is 19.9. The first-order valence-electron chi connectivity index (χ1n) is 7.68. The fourth-order valence-corrected chi connectivity index (χ4v) is 2.46. The molecule has 1 amide bonds. The molecule has 3 aromatic rings. The van der Waals surface area contributed by atoms with Gasteiger partial charge >= 0.3 is 0 Å². The SMILES string of the molecule is Cc1[nH]c(-c2ccccc2)nc1C(=O)NCCc1ccccc1. The third kappa shape index (κ3) is 3.66. The molecule has 0 aliphatic heterocycles. The van der Waals surface area contributed by atoms with E-state index in [2.05, 4.69) is 27.4 Å². The molecule has 2 aromatic carbocycles. The van der Waals surface area contributed by atoms with Crippen molar-refractivity contribution in [1.82, 2.24) is 15.3 Å². The molecule has 0 radical (unpaired) electrons. The zero-order valence-corrected chi connectivity index (χ0v) is 13.0. The molecule has 0 bridgehead atoms. The fourth-order valence-electron chi connectivity index (χ4n) is 2.46. The number of H-pyrrole nitrogens is 1. The number of amides is 1. The van der Waals surface area contributed by atoms with Crippen LogP contribution in [0.1, 0.15) is 21.7 Å². The lowest BCUT2D eigenvalue weighted by molar-refractivity contribution is 0.0949. The number of rotatable bonds is 5. The molecule has 4 nitrogen and oxygen atoms in total. The quantitative estimate of drug-likeness (QED) is 0.759. The van der Waals surface area contributed by atoms with E-state index in [4.69, 9.17) is 0 Å². The van der Waals surface area contributed by atoms with E-state index >= 15 is 0 Å². The molecule has 0 spiro atoms. The van der Waals surface area contributed by atoms with Crippen LogP contribution >= 0.6 is 0 Å². The van der Waals surface area contributed by atoms with E-state index in [1.54, 1.807) is 0 Å². The highest BCUT2D eigenvalue weighted by Gasteiger charge is 2.15. The number of carbonyl (C=O) groups excluding carboxylic acids is 1. The van der Waals surface area contributed by atoms with Crippen LogP contribution in [0.15, 0.2) is 60.7 Å². The van der Waals surface area contributed by atoms with Crippen molar-refractivity contribution in [2.24, 2.45) is 0 Å². The first-order valence-corrected chi connectivity index (χ1v) is 7.68. The van der Waals surface area contributed by atoms with Crippen LogP contribution in [0.4, 0.5) is 0 Å². The van der Waals surface area contributed by atoms with Crippen LogP contribution in [-0.4, -0.2) is 22.4 Å². The molecule has 0 saturated heterocycles. The van der Waals surface area contributed by atoms with Crippen LogP contribution in [0.5, 0.6) is 0 Å². The average Bonchev–Trinajstić information content (AvgIpc) is 2.98. The number of benzene rings is 2. The smallest absolute Gasteiger partial charge is 0.271 e. The predicted molar refractivity (Wildman–Crippen MR) is 91.2 cm³/mol. The number of nitrogens with one attached hydrogen (secondary N) is 2. The van der Waals surface area contributed by atoms with Crippen LogP contribution in [0, 0.1) is 6.92 Å². The van der Waals surface area contributed by atoms with Gasteiger partial charge in [-0.3, -0.25) is 4.79 Å². The predicted octanol–water partition coefficient (Wildman–Crippen LogP) is 3.36. The van der Waals surface area contributed by atoms with Crippen LogP contribution in [-0.2, 0) is 6.42 Å². The second kappa shape index (κ2) is 6.92. The van der Waals surface area contributed by atoms with Gasteiger partial charge in [-0.15, -0.1) is 0 Å². The van der Waals surface area contributed by atoms with Crippen molar-refractivity contribution in [1.29, 1.82) is 0 Å². The first kappa shape index (κ1) is 15.0. The minimum atomic E-state index is -0.142. The van der Waals surface area contributed by atoms with Gasteiger partial charge in [0.05, 0.1) is 0 Å². The summed E-state index contributed by atoms with van der Waals surface area (Å²) >= 11 is 0. The summed E-state index contributed by atoms with van der Waals surface area (Å²) in [6.45, 7) is 2.46. The highest BCUT2D eigenvalue weighted by Crippen LogP contribution is 2.17. The summed E-state index contributed by atoms with van der Waals surface area (Å²) in [5.41, 5.74) is 3.41. The number of hydrogen-bond acceptors (Lipinski definition) is 2. The molecule has 23 heavy (non-hydrogen) atoms. The maximum Gasteiger partial charge on any atom is 0.271 e. The second-order valence-electron chi connectivity index (χ2n) is 5.42. The van der Waals surface area contributed by atoms with E-state index in [9.17, 15) is 4.79 Å². The van der Waals surface area contributed by atoms with Gasteiger partial charge < -0.3 is 10.3 Å².